The molecule has 0 heterocycles. The van der Waals surface area contributed by atoms with Gasteiger partial charge in [0, 0.05) is 0 Å². The molecular weight excluding hydrogens is 206 g/mol. The Morgan fingerprint density at radius 3 is 2.35 bits per heavy atom. The molecule has 0 aliphatic rings. The fourth-order valence-corrected chi connectivity index (χ4v) is 1.89. The van der Waals surface area contributed by atoms with Crippen molar-refractivity contribution in [3.63, 3.8) is 0 Å². The molecule has 0 aromatic heterocycles. The van der Waals surface area contributed by atoms with Gasteiger partial charge in [-0.25, -0.2) is 0 Å². The summed E-state index contributed by atoms with van der Waals surface area (Å²) in [6, 6.07) is 10.8. The molecule has 0 saturated carbocycles. The van der Waals surface area contributed by atoms with Gasteiger partial charge < -0.3 is 5.32 Å². The third-order valence-electron chi connectivity index (χ3n) is 3.16. The van der Waals surface area contributed by atoms with Crippen molar-refractivity contribution in [3.8, 4) is 12.3 Å². The zero-order chi connectivity index (χ0) is 12.7. The van der Waals surface area contributed by atoms with E-state index in [-0.39, 0.29) is 6.04 Å². The van der Waals surface area contributed by atoms with Crippen molar-refractivity contribution in [1.29, 1.82) is 0 Å². The minimum atomic E-state index is 0.193. The van der Waals surface area contributed by atoms with E-state index in [4.69, 9.17) is 6.42 Å². The zero-order valence-electron chi connectivity index (χ0n) is 11.1. The number of hydrogen-bond acceptors (Lipinski definition) is 1. The number of hydrogen-bond donors (Lipinski definition) is 1. The minimum Gasteiger partial charge on any atom is -0.303 e. The predicted octanol–water partition coefficient (Wildman–Crippen LogP) is 3.43. The van der Waals surface area contributed by atoms with E-state index in [1.165, 1.54) is 5.56 Å². The fraction of sp³-hybridized carbons (Fsp3) is 0.500. The first kappa shape index (κ1) is 13.8. The standard InChI is InChI=1S/C16H23N/c1-5-16(13(2)3)17-12-11-14(4)15-9-7-6-8-10-15/h1,6-10,13-14,16-17H,11-12H2,2-4H3. The predicted molar refractivity (Wildman–Crippen MR) is 74.9 cm³/mol. The summed E-state index contributed by atoms with van der Waals surface area (Å²) in [5, 5.41) is 3.43. The van der Waals surface area contributed by atoms with Crippen LogP contribution in [-0.4, -0.2) is 12.6 Å². The van der Waals surface area contributed by atoms with Crippen LogP contribution >= 0.6 is 0 Å². The van der Waals surface area contributed by atoms with Gasteiger partial charge in [-0.2, -0.15) is 0 Å². The molecule has 1 heteroatoms. The van der Waals surface area contributed by atoms with Crippen LogP contribution in [0.15, 0.2) is 30.3 Å². The normalized spacial score (nSPS) is 14.3. The van der Waals surface area contributed by atoms with Gasteiger partial charge in [-0.15, -0.1) is 6.42 Å². The van der Waals surface area contributed by atoms with Crippen LogP contribution in [-0.2, 0) is 0 Å². The second kappa shape index (κ2) is 7.14. The first-order chi connectivity index (χ1) is 8.15. The van der Waals surface area contributed by atoms with Gasteiger partial charge in [0.1, 0.15) is 0 Å². The third kappa shape index (κ3) is 4.63. The minimum absolute atomic E-state index is 0.193. The monoisotopic (exact) mass is 229 g/mol. The maximum Gasteiger partial charge on any atom is 0.0710 e. The van der Waals surface area contributed by atoms with Crippen LogP contribution in [0.4, 0.5) is 0 Å². The number of rotatable bonds is 6. The molecule has 0 fully saturated rings. The second-order valence-corrected chi connectivity index (χ2v) is 4.94. The Kier molecular flexibility index (Phi) is 5.80. The molecule has 0 spiro atoms. The van der Waals surface area contributed by atoms with E-state index in [9.17, 15) is 0 Å². The molecule has 92 valence electrons. The second-order valence-electron chi connectivity index (χ2n) is 4.94. The van der Waals surface area contributed by atoms with Gasteiger partial charge in [-0.3, -0.25) is 0 Å². The molecule has 1 N–H and O–H groups in total. The van der Waals surface area contributed by atoms with Crippen LogP contribution < -0.4 is 5.32 Å². The average molecular weight is 229 g/mol. The zero-order valence-corrected chi connectivity index (χ0v) is 11.1. The lowest BCUT2D eigenvalue weighted by molar-refractivity contribution is 0.462. The summed E-state index contributed by atoms with van der Waals surface area (Å²) >= 11 is 0. The summed E-state index contributed by atoms with van der Waals surface area (Å²) in [6.45, 7) is 7.54. The largest absolute Gasteiger partial charge is 0.303 e. The summed E-state index contributed by atoms with van der Waals surface area (Å²) < 4.78 is 0. The maximum atomic E-state index is 5.49. The topological polar surface area (TPSA) is 12.0 Å². The number of benzene rings is 1. The van der Waals surface area contributed by atoms with E-state index < -0.39 is 0 Å². The summed E-state index contributed by atoms with van der Waals surface area (Å²) in [5.41, 5.74) is 1.40. The summed E-state index contributed by atoms with van der Waals surface area (Å²) in [5.74, 6) is 3.87. The van der Waals surface area contributed by atoms with Gasteiger partial charge in [-0.1, -0.05) is 57.0 Å². The Labute approximate surface area is 106 Å². The smallest absolute Gasteiger partial charge is 0.0710 e. The van der Waals surface area contributed by atoms with Crippen molar-refractivity contribution in [2.24, 2.45) is 5.92 Å². The lowest BCUT2D eigenvalue weighted by Gasteiger charge is -2.18. The van der Waals surface area contributed by atoms with E-state index in [2.05, 4.69) is 62.3 Å². The van der Waals surface area contributed by atoms with Crippen molar-refractivity contribution in [3.05, 3.63) is 35.9 Å². The van der Waals surface area contributed by atoms with E-state index in [0.717, 1.165) is 13.0 Å². The summed E-state index contributed by atoms with van der Waals surface area (Å²) in [7, 11) is 0. The van der Waals surface area contributed by atoms with Crippen LogP contribution in [0.5, 0.6) is 0 Å². The van der Waals surface area contributed by atoms with Crippen LogP contribution in [0.25, 0.3) is 0 Å². The van der Waals surface area contributed by atoms with Crippen molar-refractivity contribution in [1.82, 2.24) is 5.32 Å². The highest BCUT2D eigenvalue weighted by molar-refractivity contribution is 5.18. The van der Waals surface area contributed by atoms with Gasteiger partial charge in [0.15, 0.2) is 0 Å². The van der Waals surface area contributed by atoms with Crippen LogP contribution in [0.2, 0.25) is 0 Å². The van der Waals surface area contributed by atoms with Crippen LogP contribution in [0, 0.1) is 18.3 Å². The van der Waals surface area contributed by atoms with Gasteiger partial charge in [0.25, 0.3) is 0 Å². The first-order valence-electron chi connectivity index (χ1n) is 6.39. The SMILES string of the molecule is C#CC(NCCC(C)c1ccccc1)C(C)C. The maximum absolute atomic E-state index is 5.49. The highest BCUT2D eigenvalue weighted by Crippen LogP contribution is 2.17. The first-order valence-corrected chi connectivity index (χ1v) is 6.39. The lowest BCUT2D eigenvalue weighted by Crippen LogP contribution is -2.33. The quantitative estimate of drug-likeness (QED) is 0.737. The van der Waals surface area contributed by atoms with Gasteiger partial charge in [-0.05, 0) is 30.4 Å². The molecule has 0 saturated heterocycles. The third-order valence-corrected chi connectivity index (χ3v) is 3.16. The molecule has 0 bridgehead atoms. The molecule has 17 heavy (non-hydrogen) atoms. The Hall–Kier alpha value is -1.26. The van der Waals surface area contributed by atoms with E-state index in [1.54, 1.807) is 0 Å². The number of nitrogens with one attached hydrogen (secondary N) is 1. The molecule has 1 rings (SSSR count). The lowest BCUT2D eigenvalue weighted by atomic mass is 9.97. The molecule has 2 atom stereocenters. The highest BCUT2D eigenvalue weighted by atomic mass is 14.9. The van der Waals surface area contributed by atoms with Crippen molar-refractivity contribution >= 4 is 0 Å². The van der Waals surface area contributed by atoms with Crippen LogP contribution in [0.1, 0.15) is 38.7 Å². The molecular formula is C16H23N. The average Bonchev–Trinajstić information content (AvgIpc) is 2.35. The highest BCUT2D eigenvalue weighted by Gasteiger charge is 2.10. The molecule has 0 aliphatic heterocycles. The van der Waals surface area contributed by atoms with Crippen molar-refractivity contribution < 1.29 is 0 Å². The summed E-state index contributed by atoms with van der Waals surface area (Å²) in [6.07, 6.45) is 6.61. The van der Waals surface area contributed by atoms with Crippen molar-refractivity contribution in [2.45, 2.75) is 39.2 Å². The molecule has 0 aliphatic carbocycles. The molecule has 2 unspecified atom stereocenters. The number of terminal acetylenes is 1. The Balaban J connectivity index is 2.35. The summed E-state index contributed by atoms with van der Waals surface area (Å²) in [4.78, 5) is 0. The Morgan fingerprint density at radius 2 is 1.82 bits per heavy atom. The van der Waals surface area contributed by atoms with Crippen molar-refractivity contribution in [2.75, 3.05) is 6.54 Å². The molecule has 1 nitrogen and oxygen atoms in total. The van der Waals surface area contributed by atoms with Gasteiger partial charge in [0.2, 0.25) is 0 Å². The Bertz CT molecular complexity index is 348. The van der Waals surface area contributed by atoms with Crippen LogP contribution in [0.3, 0.4) is 0 Å². The molecule has 1 aromatic carbocycles. The van der Waals surface area contributed by atoms with E-state index in [1.807, 2.05) is 0 Å². The Morgan fingerprint density at radius 1 is 1.18 bits per heavy atom. The van der Waals surface area contributed by atoms with E-state index >= 15 is 0 Å². The molecule has 0 amide bonds. The van der Waals surface area contributed by atoms with Gasteiger partial charge in [0.05, 0.1) is 6.04 Å². The van der Waals surface area contributed by atoms with E-state index in [0.29, 0.717) is 11.8 Å². The molecule has 0 radical (unpaired) electrons. The fourth-order valence-electron chi connectivity index (χ4n) is 1.89. The molecule has 1 aromatic rings. The van der Waals surface area contributed by atoms with Gasteiger partial charge >= 0.3 is 0 Å².